The minimum Gasteiger partial charge on any atom is -0.444 e. The van der Waals surface area contributed by atoms with Crippen LogP contribution in [-0.4, -0.2) is 16.9 Å². The van der Waals surface area contributed by atoms with Gasteiger partial charge in [0.2, 0.25) is 6.10 Å². The van der Waals surface area contributed by atoms with Gasteiger partial charge in [-0.15, -0.1) is 0 Å². The van der Waals surface area contributed by atoms with E-state index in [2.05, 4.69) is 10.3 Å². The zero-order chi connectivity index (χ0) is 24.2. The molecule has 7 heteroatoms. The zero-order valence-electron chi connectivity index (χ0n) is 18.6. The molecule has 0 saturated carbocycles. The van der Waals surface area contributed by atoms with E-state index >= 15 is 0 Å². The van der Waals surface area contributed by atoms with Crippen molar-refractivity contribution < 1.29 is 14.3 Å². The Hall–Kier alpha value is -3.41. The molecule has 4 aromatic rings. The lowest BCUT2D eigenvalue weighted by molar-refractivity contribution is -0.125. The first-order valence-electron chi connectivity index (χ1n) is 10.8. The first kappa shape index (κ1) is 23.7. The molecule has 0 aliphatic rings. The van der Waals surface area contributed by atoms with Crippen molar-refractivity contribution in [1.29, 1.82) is 0 Å². The monoisotopic (exact) mass is 492 g/mol. The van der Waals surface area contributed by atoms with Crippen molar-refractivity contribution in [3.8, 4) is 0 Å². The normalized spacial score (nSPS) is 11.8. The first-order valence-corrected chi connectivity index (χ1v) is 11.5. The summed E-state index contributed by atoms with van der Waals surface area (Å²) < 4.78 is 5.86. The van der Waals surface area contributed by atoms with Crippen molar-refractivity contribution in [3.63, 3.8) is 0 Å². The fourth-order valence-corrected chi connectivity index (χ4v) is 4.39. The van der Waals surface area contributed by atoms with Crippen LogP contribution in [0.25, 0.3) is 10.9 Å². The van der Waals surface area contributed by atoms with Crippen molar-refractivity contribution in [2.75, 3.05) is 5.32 Å². The highest BCUT2D eigenvalue weighted by Gasteiger charge is 2.28. The molecule has 0 saturated heterocycles. The Kier molecular flexibility index (Phi) is 7.15. The van der Waals surface area contributed by atoms with Gasteiger partial charge in [-0.3, -0.25) is 9.78 Å². The van der Waals surface area contributed by atoms with Crippen molar-refractivity contribution in [2.24, 2.45) is 0 Å². The number of aryl methyl sites for hydroxylation is 1. The van der Waals surface area contributed by atoms with Gasteiger partial charge in [0.05, 0.1) is 11.1 Å². The summed E-state index contributed by atoms with van der Waals surface area (Å²) in [5.74, 6) is -1.12. The number of ether oxygens (including phenoxy) is 1. The fraction of sp³-hybridized carbons (Fsp3) is 0.148. The van der Waals surface area contributed by atoms with E-state index < -0.39 is 18.0 Å². The van der Waals surface area contributed by atoms with E-state index in [0.29, 0.717) is 44.2 Å². The minimum absolute atomic E-state index is 0.377. The molecule has 1 atom stereocenters. The number of halogens is 2. The summed E-state index contributed by atoms with van der Waals surface area (Å²) >= 11 is 12.1. The number of carbonyl (C=O) groups excluding carboxylic acids is 2. The quantitative estimate of drug-likeness (QED) is 0.295. The highest BCUT2D eigenvalue weighted by atomic mass is 35.5. The zero-order valence-corrected chi connectivity index (χ0v) is 20.2. The van der Waals surface area contributed by atoms with E-state index in [1.807, 2.05) is 44.2 Å². The maximum atomic E-state index is 13.5. The Morgan fingerprint density at radius 3 is 2.29 bits per heavy atom. The van der Waals surface area contributed by atoms with Gasteiger partial charge < -0.3 is 10.1 Å². The van der Waals surface area contributed by atoms with Crippen LogP contribution in [0.4, 0.5) is 5.69 Å². The number of anilines is 1. The van der Waals surface area contributed by atoms with Gasteiger partial charge in [-0.05, 0) is 43.2 Å². The summed E-state index contributed by atoms with van der Waals surface area (Å²) in [6, 6.07) is 21.0. The highest BCUT2D eigenvalue weighted by Crippen LogP contribution is 2.29. The number of aromatic nitrogens is 1. The maximum Gasteiger partial charge on any atom is 0.340 e. The van der Waals surface area contributed by atoms with E-state index in [4.69, 9.17) is 27.9 Å². The summed E-state index contributed by atoms with van der Waals surface area (Å²) in [5.41, 5.74) is 3.58. The van der Waals surface area contributed by atoms with Crippen LogP contribution in [0, 0.1) is 6.92 Å². The maximum absolute atomic E-state index is 13.5. The Bertz CT molecular complexity index is 1350. The molecule has 34 heavy (non-hydrogen) atoms. The lowest BCUT2D eigenvalue weighted by Gasteiger charge is -2.20. The number of nitrogens with zero attached hydrogens (tertiary/aromatic N) is 1. The molecule has 1 N–H and O–H groups in total. The number of amides is 1. The molecule has 0 bridgehead atoms. The van der Waals surface area contributed by atoms with Crippen molar-refractivity contribution in [3.05, 3.63) is 105 Å². The largest absolute Gasteiger partial charge is 0.444 e. The third kappa shape index (κ3) is 5.06. The molecular weight excluding hydrogens is 471 g/mol. The molecule has 0 aliphatic carbocycles. The first-order chi connectivity index (χ1) is 16.4. The fourth-order valence-electron chi connectivity index (χ4n) is 3.87. The van der Waals surface area contributed by atoms with Gasteiger partial charge >= 0.3 is 5.97 Å². The van der Waals surface area contributed by atoms with Gasteiger partial charge in [0.25, 0.3) is 5.91 Å². The number of rotatable bonds is 6. The molecule has 1 amide bonds. The van der Waals surface area contributed by atoms with Gasteiger partial charge in [-0.25, -0.2) is 4.79 Å². The Balaban J connectivity index is 1.72. The van der Waals surface area contributed by atoms with Gasteiger partial charge in [0.1, 0.15) is 0 Å². The number of carbonyl (C=O) groups is 2. The van der Waals surface area contributed by atoms with E-state index in [0.717, 1.165) is 11.3 Å². The van der Waals surface area contributed by atoms with E-state index in [1.165, 1.54) is 0 Å². The topological polar surface area (TPSA) is 68.3 Å². The van der Waals surface area contributed by atoms with E-state index in [9.17, 15) is 9.59 Å². The van der Waals surface area contributed by atoms with Crippen LogP contribution in [0.1, 0.15) is 40.2 Å². The summed E-state index contributed by atoms with van der Waals surface area (Å²) in [7, 11) is 0. The molecule has 1 heterocycles. The van der Waals surface area contributed by atoms with Crippen LogP contribution in [0.3, 0.4) is 0 Å². The third-order valence-electron chi connectivity index (χ3n) is 5.47. The smallest absolute Gasteiger partial charge is 0.340 e. The molecule has 4 rings (SSSR count). The molecule has 0 unspecified atom stereocenters. The molecular formula is C27H22Cl2N2O3. The molecule has 5 nitrogen and oxygen atoms in total. The average molecular weight is 493 g/mol. The standard InChI is InChI=1S/C27H22Cl2N2O3/c1-3-22-16(2)24(21-11-7-8-12-23(21)31-22)27(33)34-25(17-9-5-4-6-10-17)26(32)30-20-14-18(28)13-19(29)15-20/h4-15,25H,3H2,1-2H3,(H,30,32)/t25-/m1/s1. The molecule has 0 aliphatic heterocycles. The highest BCUT2D eigenvalue weighted by molar-refractivity contribution is 6.35. The second kappa shape index (κ2) is 10.2. The SMILES string of the molecule is CCc1nc2ccccc2c(C(=O)O[C@@H](C(=O)Nc2cc(Cl)cc(Cl)c2)c2ccccc2)c1C. The van der Waals surface area contributed by atoms with E-state index in [1.54, 1.807) is 42.5 Å². The number of benzene rings is 3. The van der Waals surface area contributed by atoms with Crippen LogP contribution >= 0.6 is 23.2 Å². The molecule has 0 radical (unpaired) electrons. The average Bonchev–Trinajstić information content (AvgIpc) is 2.81. The third-order valence-corrected chi connectivity index (χ3v) is 5.91. The van der Waals surface area contributed by atoms with Crippen LogP contribution < -0.4 is 5.32 Å². The number of nitrogens with one attached hydrogen (secondary N) is 1. The summed E-state index contributed by atoms with van der Waals surface area (Å²) in [6.45, 7) is 3.83. The van der Waals surface area contributed by atoms with Gasteiger partial charge in [0, 0.05) is 32.4 Å². The van der Waals surface area contributed by atoms with Crippen molar-refractivity contribution >= 4 is 51.7 Å². The Morgan fingerprint density at radius 1 is 0.971 bits per heavy atom. The van der Waals surface area contributed by atoms with Crippen LogP contribution in [0.2, 0.25) is 10.0 Å². The number of para-hydroxylation sites is 1. The second-order valence-electron chi connectivity index (χ2n) is 7.77. The molecule has 3 aromatic carbocycles. The van der Waals surface area contributed by atoms with Crippen LogP contribution in [-0.2, 0) is 16.0 Å². The lowest BCUT2D eigenvalue weighted by atomic mass is 10.00. The van der Waals surface area contributed by atoms with Crippen LogP contribution in [0.5, 0.6) is 0 Å². The summed E-state index contributed by atoms with van der Waals surface area (Å²) in [5, 5.41) is 4.19. The lowest BCUT2D eigenvalue weighted by Crippen LogP contribution is -2.26. The number of pyridine rings is 1. The second-order valence-corrected chi connectivity index (χ2v) is 8.65. The Labute approximate surface area is 207 Å². The van der Waals surface area contributed by atoms with Crippen molar-refractivity contribution in [1.82, 2.24) is 4.98 Å². The molecule has 0 spiro atoms. The van der Waals surface area contributed by atoms with Gasteiger partial charge in [-0.1, -0.05) is 78.7 Å². The number of hydrogen-bond acceptors (Lipinski definition) is 4. The molecule has 0 fully saturated rings. The minimum atomic E-state index is -1.19. The van der Waals surface area contributed by atoms with Gasteiger partial charge in [0.15, 0.2) is 0 Å². The Morgan fingerprint density at radius 2 is 1.62 bits per heavy atom. The van der Waals surface area contributed by atoms with E-state index in [-0.39, 0.29) is 0 Å². The molecule has 1 aromatic heterocycles. The molecule has 172 valence electrons. The number of hydrogen-bond donors (Lipinski definition) is 1. The summed E-state index contributed by atoms with van der Waals surface area (Å²) in [6.07, 6.45) is -0.530. The predicted molar refractivity (Wildman–Crippen MR) is 136 cm³/mol. The number of esters is 1. The predicted octanol–water partition coefficient (Wildman–Crippen LogP) is 6.95. The van der Waals surface area contributed by atoms with Crippen LogP contribution in [0.15, 0.2) is 72.8 Å². The summed E-state index contributed by atoms with van der Waals surface area (Å²) in [4.78, 5) is 31.5. The van der Waals surface area contributed by atoms with Crippen molar-refractivity contribution in [2.45, 2.75) is 26.4 Å². The number of fused-ring (bicyclic) bond motifs is 1. The van der Waals surface area contributed by atoms with Gasteiger partial charge in [-0.2, -0.15) is 0 Å².